The topological polar surface area (TPSA) is 54.5 Å². The Bertz CT molecular complexity index is 395. The van der Waals surface area contributed by atoms with Gasteiger partial charge in [-0.1, -0.05) is 26.0 Å². The summed E-state index contributed by atoms with van der Waals surface area (Å²) in [5, 5.41) is -0.491. The van der Waals surface area contributed by atoms with E-state index in [9.17, 15) is 13.2 Å². The van der Waals surface area contributed by atoms with Crippen LogP contribution in [0, 0.1) is 5.92 Å². The molecule has 0 bridgehead atoms. The zero-order valence-corrected chi connectivity index (χ0v) is 11.0. The van der Waals surface area contributed by atoms with Gasteiger partial charge >= 0.3 is 0 Å². The molecule has 1 aliphatic heterocycles. The molecule has 92 valence electrons. The minimum absolute atomic E-state index is 0.0435. The molecule has 1 atom stereocenters. The third kappa shape index (κ3) is 2.35. The molecule has 1 rings (SSSR count). The summed E-state index contributed by atoms with van der Waals surface area (Å²) in [4.78, 5) is 11.9. The molecular weight excluding hydrogens is 226 g/mol. The molecular formula is C11H19NO3S. The monoisotopic (exact) mass is 245 g/mol. The number of hydrogen-bond donors (Lipinski definition) is 0. The molecule has 0 aliphatic carbocycles. The summed E-state index contributed by atoms with van der Waals surface area (Å²) in [6.07, 6.45) is 3.42. The number of carbonyl (C=O) groups is 1. The molecule has 0 aromatic rings. The number of Topliss-reactive ketones (excluding diaryl/α,β-unsaturated/α-hetero) is 1. The molecule has 5 heteroatoms. The Hall–Kier alpha value is -0.680. The normalized spacial score (nSPS) is 22.2. The smallest absolute Gasteiger partial charge is 0.217 e. The highest BCUT2D eigenvalue weighted by Gasteiger charge is 2.37. The summed E-state index contributed by atoms with van der Waals surface area (Å²) in [5.41, 5.74) is 0. The van der Waals surface area contributed by atoms with Gasteiger partial charge in [0, 0.05) is 12.5 Å². The molecule has 0 amide bonds. The van der Waals surface area contributed by atoms with Crippen molar-refractivity contribution >= 4 is 15.8 Å². The maximum absolute atomic E-state index is 12.0. The lowest BCUT2D eigenvalue weighted by molar-refractivity contribution is -0.124. The Labute approximate surface area is 97.4 Å². The highest BCUT2D eigenvalue weighted by atomic mass is 32.2. The first kappa shape index (κ1) is 13.4. The fourth-order valence-electron chi connectivity index (χ4n) is 1.61. The molecule has 0 aromatic heterocycles. The van der Waals surface area contributed by atoms with Crippen LogP contribution in [-0.2, 0) is 14.8 Å². The average molecular weight is 245 g/mol. The highest BCUT2D eigenvalue weighted by Crippen LogP contribution is 2.21. The van der Waals surface area contributed by atoms with Crippen LogP contribution in [0.1, 0.15) is 27.7 Å². The summed E-state index contributed by atoms with van der Waals surface area (Å²) < 4.78 is 25.3. The Kier molecular flexibility index (Phi) is 3.91. The van der Waals surface area contributed by atoms with E-state index in [0.717, 1.165) is 0 Å². The number of rotatable bonds is 4. The number of hydrogen-bond acceptors (Lipinski definition) is 3. The van der Waals surface area contributed by atoms with Crippen molar-refractivity contribution < 1.29 is 13.2 Å². The van der Waals surface area contributed by atoms with Gasteiger partial charge in [0.25, 0.3) is 0 Å². The maximum Gasteiger partial charge on any atom is 0.217 e. The minimum atomic E-state index is -3.35. The van der Waals surface area contributed by atoms with Crippen LogP contribution in [0.3, 0.4) is 0 Å². The van der Waals surface area contributed by atoms with E-state index in [1.807, 2.05) is 0 Å². The SMILES string of the molecule is CC(C)C(=O)C1C=CCN1S(=O)(=O)C(C)C. The zero-order valence-electron chi connectivity index (χ0n) is 10.2. The predicted molar refractivity (Wildman–Crippen MR) is 63.5 cm³/mol. The van der Waals surface area contributed by atoms with Crippen LogP contribution in [0.2, 0.25) is 0 Å². The summed E-state index contributed by atoms with van der Waals surface area (Å²) >= 11 is 0. The van der Waals surface area contributed by atoms with E-state index < -0.39 is 21.3 Å². The van der Waals surface area contributed by atoms with Crippen LogP contribution in [0.4, 0.5) is 0 Å². The fourth-order valence-corrected chi connectivity index (χ4v) is 2.94. The summed E-state index contributed by atoms with van der Waals surface area (Å²) in [6.45, 7) is 7.14. The van der Waals surface area contributed by atoms with Gasteiger partial charge in [0.05, 0.1) is 5.25 Å². The largest absolute Gasteiger partial charge is 0.297 e. The van der Waals surface area contributed by atoms with Crippen molar-refractivity contribution in [1.29, 1.82) is 0 Å². The summed E-state index contributed by atoms with van der Waals surface area (Å²) in [6, 6.07) is -0.604. The molecule has 0 aromatic carbocycles. The zero-order chi connectivity index (χ0) is 12.5. The van der Waals surface area contributed by atoms with E-state index in [0.29, 0.717) is 6.54 Å². The van der Waals surface area contributed by atoms with Crippen LogP contribution < -0.4 is 0 Å². The van der Waals surface area contributed by atoms with Crippen molar-refractivity contribution in [3.8, 4) is 0 Å². The van der Waals surface area contributed by atoms with Crippen LogP contribution in [0.25, 0.3) is 0 Å². The lowest BCUT2D eigenvalue weighted by atomic mass is 10.0. The lowest BCUT2D eigenvalue weighted by Gasteiger charge is -2.25. The van der Waals surface area contributed by atoms with Crippen molar-refractivity contribution in [3.63, 3.8) is 0 Å². The van der Waals surface area contributed by atoms with Gasteiger partial charge in [-0.05, 0) is 13.8 Å². The van der Waals surface area contributed by atoms with Crippen molar-refractivity contribution in [2.75, 3.05) is 6.54 Å². The van der Waals surface area contributed by atoms with Crippen molar-refractivity contribution in [3.05, 3.63) is 12.2 Å². The van der Waals surface area contributed by atoms with Crippen molar-refractivity contribution in [1.82, 2.24) is 4.31 Å². The quantitative estimate of drug-likeness (QED) is 0.699. The Morgan fingerprint density at radius 3 is 2.31 bits per heavy atom. The first-order valence-electron chi connectivity index (χ1n) is 5.49. The molecule has 16 heavy (non-hydrogen) atoms. The molecule has 0 fully saturated rings. The average Bonchev–Trinajstić information content (AvgIpc) is 2.64. The van der Waals surface area contributed by atoms with Crippen LogP contribution >= 0.6 is 0 Å². The van der Waals surface area contributed by atoms with Crippen molar-refractivity contribution in [2.24, 2.45) is 5.92 Å². The molecule has 0 saturated carbocycles. The summed E-state index contributed by atoms with van der Waals surface area (Å²) in [7, 11) is -3.35. The van der Waals surface area contributed by atoms with Gasteiger partial charge in [-0.2, -0.15) is 4.31 Å². The van der Waals surface area contributed by atoms with E-state index >= 15 is 0 Å². The fraction of sp³-hybridized carbons (Fsp3) is 0.727. The second kappa shape index (κ2) is 4.67. The molecule has 0 radical (unpaired) electrons. The molecule has 4 nitrogen and oxygen atoms in total. The molecule has 0 spiro atoms. The first-order valence-corrected chi connectivity index (χ1v) is 7.00. The Balaban J connectivity index is 2.97. The second-order valence-electron chi connectivity index (χ2n) is 4.59. The van der Waals surface area contributed by atoms with E-state index in [-0.39, 0.29) is 11.7 Å². The predicted octanol–water partition coefficient (Wildman–Crippen LogP) is 1.19. The van der Waals surface area contributed by atoms with Gasteiger partial charge in [0.2, 0.25) is 10.0 Å². The van der Waals surface area contributed by atoms with Crippen LogP contribution in [-0.4, -0.2) is 36.3 Å². The number of sulfonamides is 1. The highest BCUT2D eigenvalue weighted by molar-refractivity contribution is 7.89. The molecule has 0 N–H and O–H groups in total. The number of carbonyl (C=O) groups excluding carboxylic acids is 1. The van der Waals surface area contributed by atoms with Gasteiger partial charge < -0.3 is 0 Å². The van der Waals surface area contributed by atoms with Crippen molar-refractivity contribution in [2.45, 2.75) is 39.0 Å². The Morgan fingerprint density at radius 2 is 1.88 bits per heavy atom. The van der Waals surface area contributed by atoms with Crippen LogP contribution in [0.15, 0.2) is 12.2 Å². The molecule has 1 aliphatic rings. The third-order valence-corrected chi connectivity index (χ3v) is 4.92. The van der Waals surface area contributed by atoms with Gasteiger partial charge in [-0.3, -0.25) is 4.79 Å². The van der Waals surface area contributed by atoms with E-state index in [2.05, 4.69) is 0 Å². The Morgan fingerprint density at radius 1 is 1.31 bits per heavy atom. The third-order valence-electron chi connectivity index (χ3n) is 2.70. The standard InChI is InChI=1S/C11H19NO3S/c1-8(2)11(13)10-6-5-7-12(10)16(14,15)9(3)4/h5-6,8-10H,7H2,1-4H3. The van der Waals surface area contributed by atoms with Gasteiger partial charge in [-0.15, -0.1) is 0 Å². The minimum Gasteiger partial charge on any atom is -0.297 e. The number of ketones is 1. The second-order valence-corrected chi connectivity index (χ2v) is 7.04. The number of nitrogens with zero attached hydrogens (tertiary/aromatic N) is 1. The molecule has 1 heterocycles. The first-order chi connectivity index (χ1) is 7.28. The van der Waals surface area contributed by atoms with Crippen LogP contribution in [0.5, 0.6) is 0 Å². The van der Waals surface area contributed by atoms with E-state index in [4.69, 9.17) is 0 Å². The van der Waals surface area contributed by atoms with Gasteiger partial charge in [-0.25, -0.2) is 8.42 Å². The van der Waals surface area contributed by atoms with E-state index in [1.54, 1.807) is 39.8 Å². The maximum atomic E-state index is 12.0. The van der Waals surface area contributed by atoms with Gasteiger partial charge in [0.15, 0.2) is 5.78 Å². The van der Waals surface area contributed by atoms with E-state index in [1.165, 1.54) is 4.31 Å². The summed E-state index contributed by atoms with van der Waals surface area (Å²) in [5.74, 6) is -0.199. The molecule has 1 unspecified atom stereocenters. The van der Waals surface area contributed by atoms with Gasteiger partial charge in [0.1, 0.15) is 6.04 Å². The lowest BCUT2D eigenvalue weighted by Crippen LogP contribution is -2.45. The molecule has 0 saturated heterocycles.